The topological polar surface area (TPSA) is 82.3 Å². The van der Waals surface area contributed by atoms with Crippen LogP contribution in [0.2, 0.25) is 0 Å². The van der Waals surface area contributed by atoms with E-state index in [0.717, 1.165) is 31.2 Å². The molecular weight excluding hydrogens is 350 g/mol. The molecule has 26 heavy (non-hydrogen) atoms. The molecule has 0 radical (unpaired) electrons. The monoisotopic (exact) mass is 373 g/mol. The Morgan fingerprint density at radius 1 is 0.923 bits per heavy atom. The molecule has 0 amide bonds. The van der Waals surface area contributed by atoms with E-state index in [1.54, 1.807) is 46.8 Å². The van der Waals surface area contributed by atoms with E-state index >= 15 is 0 Å². The second-order valence-electron chi connectivity index (χ2n) is 6.50. The maximum absolute atomic E-state index is 12.8. The number of aromatic hydroxyl groups is 1. The zero-order valence-electron chi connectivity index (χ0n) is 14.8. The van der Waals surface area contributed by atoms with Gasteiger partial charge >= 0.3 is 0 Å². The smallest absolute Gasteiger partial charge is 0.243 e. The van der Waals surface area contributed by atoms with Crippen LogP contribution >= 0.6 is 0 Å². The first-order valence-electron chi connectivity index (χ1n) is 8.78. The number of aryl methyl sites for hydroxylation is 1. The lowest BCUT2D eigenvalue weighted by atomic mass is 10.2. The number of azo groups is 1. The van der Waals surface area contributed by atoms with Gasteiger partial charge in [0.2, 0.25) is 10.0 Å². The summed E-state index contributed by atoms with van der Waals surface area (Å²) in [6.07, 6.45) is 3.98. The molecule has 0 bridgehead atoms. The minimum atomic E-state index is -3.46. The number of rotatable bonds is 4. The molecule has 1 heterocycles. The molecule has 6 nitrogen and oxygen atoms in total. The number of sulfonamides is 1. The molecule has 1 fully saturated rings. The van der Waals surface area contributed by atoms with Crippen molar-refractivity contribution in [2.75, 3.05) is 13.1 Å². The van der Waals surface area contributed by atoms with Gasteiger partial charge in [0.15, 0.2) is 0 Å². The molecule has 1 N–H and O–H groups in total. The molecule has 1 aliphatic rings. The Labute approximate surface area is 154 Å². The Bertz CT molecular complexity index is 885. The Balaban J connectivity index is 1.77. The van der Waals surface area contributed by atoms with Gasteiger partial charge in [-0.2, -0.15) is 9.42 Å². The number of phenolic OH excluding ortho intramolecular Hbond substituents is 1. The molecule has 7 heteroatoms. The van der Waals surface area contributed by atoms with Crippen molar-refractivity contribution in [3.8, 4) is 5.75 Å². The molecule has 3 rings (SSSR count). The second-order valence-corrected chi connectivity index (χ2v) is 8.44. The molecule has 0 aromatic heterocycles. The highest BCUT2D eigenvalue weighted by atomic mass is 32.2. The average molecular weight is 373 g/mol. The van der Waals surface area contributed by atoms with Gasteiger partial charge in [-0.3, -0.25) is 0 Å². The van der Waals surface area contributed by atoms with Crippen LogP contribution in [0.15, 0.2) is 57.6 Å². The second kappa shape index (κ2) is 7.97. The number of nitrogens with zero attached hydrogens (tertiary/aromatic N) is 3. The zero-order chi connectivity index (χ0) is 18.6. The number of phenols is 1. The molecule has 0 atom stereocenters. The highest BCUT2D eigenvalue weighted by Gasteiger charge is 2.24. The lowest BCUT2D eigenvalue weighted by Gasteiger charge is -2.19. The maximum Gasteiger partial charge on any atom is 0.243 e. The molecule has 2 aromatic carbocycles. The molecule has 0 aliphatic carbocycles. The van der Waals surface area contributed by atoms with Crippen LogP contribution in [0.3, 0.4) is 0 Å². The summed E-state index contributed by atoms with van der Waals surface area (Å²) in [4.78, 5) is 0.275. The van der Waals surface area contributed by atoms with Crippen LogP contribution in [0, 0.1) is 6.92 Å². The molecular formula is C19H23N3O3S. The third kappa shape index (κ3) is 4.28. The first-order valence-corrected chi connectivity index (χ1v) is 10.2. The van der Waals surface area contributed by atoms with Crippen molar-refractivity contribution in [2.45, 2.75) is 37.5 Å². The van der Waals surface area contributed by atoms with E-state index in [2.05, 4.69) is 10.2 Å². The van der Waals surface area contributed by atoms with Crippen molar-refractivity contribution in [2.24, 2.45) is 10.2 Å². The summed E-state index contributed by atoms with van der Waals surface area (Å²) in [7, 11) is -3.46. The summed E-state index contributed by atoms with van der Waals surface area (Å²) in [6.45, 7) is 3.06. The fourth-order valence-corrected chi connectivity index (χ4v) is 4.46. The molecule has 0 unspecified atom stereocenters. The average Bonchev–Trinajstić information content (AvgIpc) is 2.93. The van der Waals surface area contributed by atoms with E-state index in [0.29, 0.717) is 24.5 Å². The summed E-state index contributed by atoms with van der Waals surface area (Å²) in [5, 5.41) is 17.9. The van der Waals surface area contributed by atoms with Crippen LogP contribution in [0.1, 0.15) is 31.2 Å². The van der Waals surface area contributed by atoms with Crippen LogP contribution in [0.5, 0.6) is 5.75 Å². The standard InChI is InChI=1S/C19H23N3O3S/c1-15-6-11-19(23)18(14-15)21-20-16-7-9-17(10-8-16)26(24,25)22-12-4-2-3-5-13-22/h6-11,14,23H,2-5,12-13H2,1H3. The van der Waals surface area contributed by atoms with Crippen LogP contribution < -0.4 is 0 Å². The van der Waals surface area contributed by atoms with Crippen molar-refractivity contribution >= 4 is 21.4 Å². The number of benzene rings is 2. The van der Waals surface area contributed by atoms with Gasteiger partial charge in [0.25, 0.3) is 0 Å². The van der Waals surface area contributed by atoms with E-state index in [1.165, 1.54) is 0 Å². The van der Waals surface area contributed by atoms with Gasteiger partial charge in [0.1, 0.15) is 11.4 Å². The normalized spacial score (nSPS) is 16.7. The van der Waals surface area contributed by atoms with Crippen LogP contribution in [-0.4, -0.2) is 30.9 Å². The van der Waals surface area contributed by atoms with Gasteiger partial charge in [-0.05, 0) is 61.7 Å². The molecule has 1 saturated heterocycles. The first kappa shape index (κ1) is 18.5. The van der Waals surface area contributed by atoms with Gasteiger partial charge in [-0.15, -0.1) is 5.11 Å². The van der Waals surface area contributed by atoms with Crippen LogP contribution in [-0.2, 0) is 10.0 Å². The van der Waals surface area contributed by atoms with Crippen LogP contribution in [0.25, 0.3) is 0 Å². The third-order valence-electron chi connectivity index (χ3n) is 4.44. The largest absolute Gasteiger partial charge is 0.506 e. The highest BCUT2D eigenvalue weighted by Crippen LogP contribution is 2.29. The minimum absolute atomic E-state index is 0.0553. The Hall–Kier alpha value is -2.25. The SMILES string of the molecule is Cc1ccc(O)c(N=Nc2ccc(S(=O)(=O)N3CCCCCC3)cc2)c1. The van der Waals surface area contributed by atoms with E-state index in [1.807, 2.05) is 6.92 Å². The van der Waals surface area contributed by atoms with E-state index in [4.69, 9.17) is 0 Å². The Morgan fingerprint density at radius 2 is 1.58 bits per heavy atom. The fraction of sp³-hybridized carbons (Fsp3) is 0.368. The third-order valence-corrected chi connectivity index (χ3v) is 6.36. The summed E-state index contributed by atoms with van der Waals surface area (Å²) in [5.74, 6) is 0.0553. The molecule has 138 valence electrons. The zero-order valence-corrected chi connectivity index (χ0v) is 15.6. The molecule has 0 spiro atoms. The van der Waals surface area contributed by atoms with E-state index in [-0.39, 0.29) is 10.6 Å². The van der Waals surface area contributed by atoms with Gasteiger partial charge in [-0.25, -0.2) is 8.42 Å². The maximum atomic E-state index is 12.8. The van der Waals surface area contributed by atoms with Crippen molar-refractivity contribution < 1.29 is 13.5 Å². The predicted molar refractivity (Wildman–Crippen MR) is 101 cm³/mol. The summed E-state index contributed by atoms with van der Waals surface area (Å²) in [6, 6.07) is 11.5. The van der Waals surface area contributed by atoms with Crippen molar-refractivity contribution in [3.63, 3.8) is 0 Å². The van der Waals surface area contributed by atoms with Crippen LogP contribution in [0.4, 0.5) is 11.4 Å². The summed E-state index contributed by atoms with van der Waals surface area (Å²) >= 11 is 0. The van der Waals surface area contributed by atoms with Crippen molar-refractivity contribution in [3.05, 3.63) is 48.0 Å². The predicted octanol–water partition coefficient (Wildman–Crippen LogP) is 4.68. The van der Waals surface area contributed by atoms with Gasteiger partial charge in [0, 0.05) is 13.1 Å². The lowest BCUT2D eigenvalue weighted by Crippen LogP contribution is -2.31. The van der Waals surface area contributed by atoms with E-state index < -0.39 is 10.0 Å². The quantitative estimate of drug-likeness (QED) is 0.790. The summed E-state index contributed by atoms with van der Waals surface area (Å²) in [5.41, 5.74) is 1.88. The minimum Gasteiger partial charge on any atom is -0.506 e. The molecule has 1 aliphatic heterocycles. The lowest BCUT2D eigenvalue weighted by molar-refractivity contribution is 0.424. The molecule has 2 aromatic rings. The summed E-state index contributed by atoms with van der Waals surface area (Å²) < 4.78 is 27.1. The Morgan fingerprint density at radius 3 is 2.23 bits per heavy atom. The van der Waals surface area contributed by atoms with Gasteiger partial charge in [-0.1, -0.05) is 18.9 Å². The number of hydrogen-bond donors (Lipinski definition) is 1. The number of hydrogen-bond acceptors (Lipinski definition) is 5. The first-order chi connectivity index (χ1) is 12.5. The molecule has 0 saturated carbocycles. The van der Waals surface area contributed by atoms with Gasteiger partial charge < -0.3 is 5.11 Å². The Kier molecular flexibility index (Phi) is 5.68. The van der Waals surface area contributed by atoms with Gasteiger partial charge in [0.05, 0.1) is 10.6 Å². The van der Waals surface area contributed by atoms with Crippen molar-refractivity contribution in [1.29, 1.82) is 0 Å². The fourth-order valence-electron chi connectivity index (χ4n) is 2.94. The van der Waals surface area contributed by atoms with E-state index in [9.17, 15) is 13.5 Å². The highest BCUT2D eigenvalue weighted by molar-refractivity contribution is 7.89. The van der Waals surface area contributed by atoms with Crippen molar-refractivity contribution in [1.82, 2.24) is 4.31 Å².